The molecule has 2 rings (SSSR count). The zero-order valence-corrected chi connectivity index (χ0v) is 12.1. The first-order valence-corrected chi connectivity index (χ1v) is 7.16. The van der Waals surface area contributed by atoms with Crippen molar-refractivity contribution < 1.29 is 9.90 Å². The molecule has 1 heterocycles. The summed E-state index contributed by atoms with van der Waals surface area (Å²) in [5, 5.41) is 8.93. The minimum atomic E-state index is 0.0371. The van der Waals surface area contributed by atoms with Gasteiger partial charge in [0, 0.05) is 43.9 Å². The lowest BCUT2D eigenvalue weighted by Crippen LogP contribution is -2.49. The van der Waals surface area contributed by atoms with Crippen molar-refractivity contribution in [1.82, 2.24) is 9.80 Å². The molecule has 1 saturated heterocycles. The lowest BCUT2D eigenvalue weighted by atomic mass is 10.1. The van der Waals surface area contributed by atoms with Gasteiger partial charge in [-0.25, -0.2) is 0 Å². The number of hydrogen-bond acceptors (Lipinski definition) is 4. The van der Waals surface area contributed by atoms with E-state index in [2.05, 4.69) is 16.7 Å². The molecule has 0 saturated carbocycles. The highest BCUT2D eigenvalue weighted by atomic mass is 16.3. The van der Waals surface area contributed by atoms with Crippen LogP contribution in [-0.2, 0) is 0 Å². The van der Waals surface area contributed by atoms with Crippen LogP contribution in [0.2, 0.25) is 0 Å². The third kappa shape index (κ3) is 4.30. The second kappa shape index (κ2) is 7.79. The average Bonchev–Trinajstić information content (AvgIpc) is 2.53. The van der Waals surface area contributed by atoms with Gasteiger partial charge in [-0.1, -0.05) is 17.9 Å². The van der Waals surface area contributed by atoms with E-state index < -0.39 is 0 Å². The topological polar surface area (TPSA) is 69.8 Å². The van der Waals surface area contributed by atoms with Crippen molar-refractivity contribution in [3.05, 3.63) is 35.4 Å². The summed E-state index contributed by atoms with van der Waals surface area (Å²) in [6.45, 7) is 4.14. The molecular weight excluding hydrogens is 266 g/mol. The molecule has 1 fully saturated rings. The van der Waals surface area contributed by atoms with Gasteiger partial charge in [0.15, 0.2) is 0 Å². The number of benzene rings is 1. The van der Waals surface area contributed by atoms with Crippen LogP contribution in [0.4, 0.5) is 0 Å². The van der Waals surface area contributed by atoms with Gasteiger partial charge >= 0.3 is 0 Å². The SMILES string of the molecule is NCC#Cc1cccc(C(=O)N2CCN(CCO)CC2)c1. The predicted molar refractivity (Wildman–Crippen MR) is 81.8 cm³/mol. The number of nitrogens with zero attached hydrogens (tertiary/aromatic N) is 2. The summed E-state index contributed by atoms with van der Waals surface area (Å²) in [5.74, 6) is 5.77. The number of aliphatic hydroxyl groups is 1. The van der Waals surface area contributed by atoms with E-state index in [1.54, 1.807) is 0 Å². The van der Waals surface area contributed by atoms with Crippen LogP contribution in [0.3, 0.4) is 0 Å². The molecule has 1 aliphatic rings. The van der Waals surface area contributed by atoms with Crippen LogP contribution in [0, 0.1) is 11.8 Å². The molecule has 1 aromatic rings. The number of carbonyl (C=O) groups excluding carboxylic acids is 1. The molecule has 0 unspecified atom stereocenters. The molecule has 0 spiro atoms. The largest absolute Gasteiger partial charge is 0.395 e. The van der Waals surface area contributed by atoms with Crippen molar-refractivity contribution in [1.29, 1.82) is 0 Å². The summed E-state index contributed by atoms with van der Waals surface area (Å²) in [7, 11) is 0. The van der Waals surface area contributed by atoms with Crippen molar-refractivity contribution >= 4 is 5.91 Å². The highest BCUT2D eigenvalue weighted by molar-refractivity contribution is 5.94. The van der Waals surface area contributed by atoms with Crippen molar-refractivity contribution in [2.75, 3.05) is 45.9 Å². The van der Waals surface area contributed by atoms with Crippen LogP contribution in [0.25, 0.3) is 0 Å². The van der Waals surface area contributed by atoms with E-state index in [4.69, 9.17) is 10.8 Å². The van der Waals surface area contributed by atoms with Gasteiger partial charge in [-0.05, 0) is 18.2 Å². The number of amides is 1. The summed E-state index contributed by atoms with van der Waals surface area (Å²) in [6.07, 6.45) is 0. The first-order chi connectivity index (χ1) is 10.2. The smallest absolute Gasteiger partial charge is 0.253 e. The van der Waals surface area contributed by atoms with Gasteiger partial charge in [-0.2, -0.15) is 0 Å². The van der Waals surface area contributed by atoms with E-state index in [1.807, 2.05) is 29.2 Å². The number of carbonyl (C=O) groups is 1. The first kappa shape index (κ1) is 15.5. The zero-order chi connectivity index (χ0) is 15.1. The Hall–Kier alpha value is -1.87. The maximum absolute atomic E-state index is 12.5. The maximum atomic E-state index is 12.5. The summed E-state index contributed by atoms with van der Waals surface area (Å²) in [5.41, 5.74) is 6.83. The van der Waals surface area contributed by atoms with Crippen molar-refractivity contribution in [3.63, 3.8) is 0 Å². The van der Waals surface area contributed by atoms with Gasteiger partial charge in [-0.15, -0.1) is 0 Å². The van der Waals surface area contributed by atoms with E-state index in [1.165, 1.54) is 0 Å². The van der Waals surface area contributed by atoms with E-state index >= 15 is 0 Å². The predicted octanol–water partition coefficient (Wildman–Crippen LogP) is -0.253. The lowest BCUT2D eigenvalue weighted by Gasteiger charge is -2.34. The van der Waals surface area contributed by atoms with E-state index in [0.717, 1.165) is 18.7 Å². The van der Waals surface area contributed by atoms with Crippen molar-refractivity contribution in [2.45, 2.75) is 0 Å². The highest BCUT2D eigenvalue weighted by Gasteiger charge is 2.21. The monoisotopic (exact) mass is 287 g/mol. The van der Waals surface area contributed by atoms with Gasteiger partial charge in [-0.3, -0.25) is 9.69 Å². The third-order valence-corrected chi connectivity index (χ3v) is 3.52. The Kier molecular flexibility index (Phi) is 5.76. The van der Waals surface area contributed by atoms with Crippen LogP contribution >= 0.6 is 0 Å². The first-order valence-electron chi connectivity index (χ1n) is 7.16. The summed E-state index contributed by atoms with van der Waals surface area (Å²) in [6, 6.07) is 7.34. The lowest BCUT2D eigenvalue weighted by molar-refractivity contribution is 0.0615. The molecule has 0 atom stereocenters. The van der Waals surface area contributed by atoms with E-state index in [0.29, 0.717) is 31.7 Å². The minimum Gasteiger partial charge on any atom is -0.395 e. The van der Waals surface area contributed by atoms with E-state index in [9.17, 15) is 4.79 Å². The zero-order valence-electron chi connectivity index (χ0n) is 12.1. The third-order valence-electron chi connectivity index (χ3n) is 3.52. The summed E-state index contributed by atoms with van der Waals surface area (Å²) in [4.78, 5) is 16.5. The molecule has 112 valence electrons. The molecule has 1 amide bonds. The van der Waals surface area contributed by atoms with Gasteiger partial charge in [0.1, 0.15) is 0 Å². The number of hydrogen-bond donors (Lipinski definition) is 2. The standard InChI is InChI=1S/C16H21N3O2/c17-6-2-4-14-3-1-5-15(13-14)16(21)19-9-7-18(8-10-19)11-12-20/h1,3,5,13,20H,6-12,17H2. The summed E-state index contributed by atoms with van der Waals surface area (Å²) < 4.78 is 0. The molecule has 5 nitrogen and oxygen atoms in total. The Morgan fingerprint density at radius 2 is 2.05 bits per heavy atom. The number of piperazine rings is 1. The Bertz CT molecular complexity index is 540. The van der Waals surface area contributed by atoms with Gasteiger partial charge in [0.2, 0.25) is 0 Å². The number of rotatable bonds is 3. The normalized spacial score (nSPS) is 15.4. The Labute approximate surface area is 125 Å². The van der Waals surface area contributed by atoms with Gasteiger partial charge in [0.05, 0.1) is 13.2 Å². The molecule has 0 aliphatic carbocycles. The highest BCUT2D eigenvalue weighted by Crippen LogP contribution is 2.10. The average molecular weight is 287 g/mol. The van der Waals surface area contributed by atoms with Gasteiger partial charge in [0.25, 0.3) is 5.91 Å². The molecule has 0 bridgehead atoms. The van der Waals surface area contributed by atoms with Crippen LogP contribution in [-0.4, -0.2) is 66.7 Å². The number of β-amino-alcohol motifs (C(OH)–C–C–N with tert-alkyl or cyclic N) is 1. The van der Waals surface area contributed by atoms with E-state index in [-0.39, 0.29) is 12.5 Å². The molecule has 1 aliphatic heterocycles. The fourth-order valence-corrected chi connectivity index (χ4v) is 2.38. The number of nitrogens with two attached hydrogens (primary N) is 1. The minimum absolute atomic E-state index is 0.0371. The van der Waals surface area contributed by atoms with Crippen LogP contribution in [0.1, 0.15) is 15.9 Å². The van der Waals surface area contributed by atoms with Gasteiger partial charge < -0.3 is 15.7 Å². The molecule has 5 heteroatoms. The summed E-state index contributed by atoms with van der Waals surface area (Å²) >= 11 is 0. The molecule has 0 aromatic heterocycles. The second-order valence-corrected chi connectivity index (χ2v) is 4.94. The molecule has 0 radical (unpaired) electrons. The fourth-order valence-electron chi connectivity index (χ4n) is 2.38. The quantitative estimate of drug-likeness (QED) is 0.752. The molecule has 3 N–H and O–H groups in total. The van der Waals surface area contributed by atoms with Crippen molar-refractivity contribution in [2.24, 2.45) is 5.73 Å². The molecule has 21 heavy (non-hydrogen) atoms. The Balaban J connectivity index is 2.00. The second-order valence-electron chi connectivity index (χ2n) is 4.94. The van der Waals surface area contributed by atoms with Crippen LogP contribution in [0.5, 0.6) is 0 Å². The molecule has 1 aromatic carbocycles. The number of aliphatic hydroxyl groups excluding tert-OH is 1. The van der Waals surface area contributed by atoms with Crippen molar-refractivity contribution in [3.8, 4) is 11.8 Å². The van der Waals surface area contributed by atoms with Crippen LogP contribution < -0.4 is 5.73 Å². The van der Waals surface area contributed by atoms with Crippen LogP contribution in [0.15, 0.2) is 24.3 Å². The fraction of sp³-hybridized carbons (Fsp3) is 0.438. The molecular formula is C16H21N3O2. The Morgan fingerprint density at radius 1 is 1.29 bits per heavy atom. The maximum Gasteiger partial charge on any atom is 0.253 e. The Morgan fingerprint density at radius 3 is 2.71 bits per heavy atom.